The van der Waals surface area contributed by atoms with E-state index in [0.717, 1.165) is 18.7 Å². The van der Waals surface area contributed by atoms with Crippen LogP contribution in [0.1, 0.15) is 15.9 Å². The van der Waals surface area contributed by atoms with Crippen LogP contribution in [0.5, 0.6) is 11.6 Å². The summed E-state index contributed by atoms with van der Waals surface area (Å²) in [5, 5.41) is 2.95. The number of thioether (sulfide) groups is 1. The van der Waals surface area contributed by atoms with E-state index in [2.05, 4.69) is 32.3 Å². The number of anilines is 1. The van der Waals surface area contributed by atoms with E-state index in [9.17, 15) is 4.79 Å². The van der Waals surface area contributed by atoms with Gasteiger partial charge in [-0.05, 0) is 48.2 Å². The average Bonchev–Trinajstić information content (AvgIpc) is 2.84. The zero-order valence-electron chi connectivity index (χ0n) is 17.3. The Morgan fingerprint density at radius 3 is 2.48 bits per heavy atom. The molecule has 1 aliphatic rings. The van der Waals surface area contributed by atoms with E-state index >= 15 is 0 Å². The number of nitrogens with zero attached hydrogens (tertiary/aromatic N) is 3. The van der Waals surface area contributed by atoms with Crippen LogP contribution in [0.15, 0.2) is 65.8 Å². The quantitative estimate of drug-likeness (QED) is 0.565. The lowest BCUT2D eigenvalue weighted by atomic mass is 10.2. The number of amides is 1. The smallest absolute Gasteiger partial charge is 0.263 e. The lowest BCUT2D eigenvalue weighted by Gasteiger charge is -2.28. The van der Waals surface area contributed by atoms with Gasteiger partial charge in [-0.25, -0.2) is 9.97 Å². The van der Waals surface area contributed by atoms with Crippen molar-refractivity contribution in [3.05, 3.63) is 72.1 Å². The fourth-order valence-corrected chi connectivity index (χ4v) is 3.60. The molecule has 0 aliphatic carbocycles. The van der Waals surface area contributed by atoms with Crippen molar-refractivity contribution in [2.75, 3.05) is 37.5 Å². The molecule has 7 nitrogen and oxygen atoms in total. The maximum Gasteiger partial charge on any atom is 0.263 e. The fourth-order valence-electron chi connectivity index (χ4n) is 3.20. The fraction of sp³-hybridized carbons (Fsp3) is 0.261. The van der Waals surface area contributed by atoms with Crippen molar-refractivity contribution in [3.8, 4) is 11.6 Å². The number of carbonyl (C=O) groups excluding carboxylic acids is 1. The summed E-state index contributed by atoms with van der Waals surface area (Å²) in [4.78, 5) is 24.5. The SMILES string of the molecule is CSc1ccc(CNC(=O)c2ccc(Oc3nccnc3N3CCOCC3)cc2)cc1. The Balaban J connectivity index is 1.37. The van der Waals surface area contributed by atoms with Crippen LogP contribution >= 0.6 is 11.8 Å². The lowest BCUT2D eigenvalue weighted by molar-refractivity contribution is 0.0951. The molecule has 0 radical (unpaired) electrons. The van der Waals surface area contributed by atoms with Crippen LogP contribution < -0.4 is 15.0 Å². The summed E-state index contributed by atoms with van der Waals surface area (Å²) in [6, 6.07) is 15.2. The summed E-state index contributed by atoms with van der Waals surface area (Å²) in [5.74, 6) is 1.60. The maximum atomic E-state index is 12.5. The molecule has 1 aliphatic heterocycles. The van der Waals surface area contributed by atoms with Gasteiger partial charge in [0, 0.05) is 42.5 Å². The van der Waals surface area contributed by atoms with Crippen molar-refractivity contribution >= 4 is 23.5 Å². The normalized spacial score (nSPS) is 13.6. The molecule has 1 amide bonds. The number of ether oxygens (including phenoxy) is 2. The predicted molar refractivity (Wildman–Crippen MR) is 121 cm³/mol. The van der Waals surface area contributed by atoms with Gasteiger partial charge in [0.05, 0.1) is 13.2 Å². The Kier molecular flexibility index (Phi) is 7.01. The van der Waals surface area contributed by atoms with E-state index < -0.39 is 0 Å². The minimum atomic E-state index is -0.131. The van der Waals surface area contributed by atoms with E-state index in [1.807, 2.05) is 18.4 Å². The highest BCUT2D eigenvalue weighted by atomic mass is 32.2. The van der Waals surface area contributed by atoms with Gasteiger partial charge in [0.25, 0.3) is 11.8 Å². The molecular weight excluding hydrogens is 412 g/mol. The minimum absolute atomic E-state index is 0.131. The van der Waals surface area contributed by atoms with Crippen molar-refractivity contribution in [3.63, 3.8) is 0 Å². The van der Waals surface area contributed by atoms with Crippen LogP contribution in [-0.4, -0.2) is 48.4 Å². The highest BCUT2D eigenvalue weighted by Gasteiger charge is 2.18. The first-order chi connectivity index (χ1) is 15.2. The molecule has 1 N–H and O–H groups in total. The molecule has 0 bridgehead atoms. The van der Waals surface area contributed by atoms with Gasteiger partial charge in [0.1, 0.15) is 5.75 Å². The van der Waals surface area contributed by atoms with Gasteiger partial charge in [-0.1, -0.05) is 12.1 Å². The number of rotatable bonds is 7. The molecule has 1 aromatic heterocycles. The summed E-state index contributed by atoms with van der Waals surface area (Å²) in [6.07, 6.45) is 5.30. The van der Waals surface area contributed by atoms with Gasteiger partial charge >= 0.3 is 0 Å². The van der Waals surface area contributed by atoms with E-state index in [1.54, 1.807) is 48.4 Å². The molecule has 2 aromatic carbocycles. The summed E-state index contributed by atoms with van der Waals surface area (Å²) >= 11 is 1.69. The molecule has 0 saturated carbocycles. The second kappa shape index (κ2) is 10.3. The van der Waals surface area contributed by atoms with Crippen molar-refractivity contribution < 1.29 is 14.3 Å². The molecular formula is C23H24N4O3S. The van der Waals surface area contributed by atoms with Gasteiger partial charge in [-0.15, -0.1) is 11.8 Å². The van der Waals surface area contributed by atoms with Gasteiger partial charge in [0.2, 0.25) is 0 Å². The molecule has 2 heterocycles. The van der Waals surface area contributed by atoms with Gasteiger partial charge in [-0.2, -0.15) is 0 Å². The number of nitrogens with one attached hydrogen (secondary N) is 1. The van der Waals surface area contributed by atoms with Crippen LogP contribution in [-0.2, 0) is 11.3 Å². The summed E-state index contributed by atoms with van der Waals surface area (Å²) in [5.41, 5.74) is 1.63. The first-order valence-corrected chi connectivity index (χ1v) is 11.3. The zero-order chi connectivity index (χ0) is 21.5. The Hall–Kier alpha value is -3.10. The van der Waals surface area contributed by atoms with Crippen LogP contribution in [0.4, 0.5) is 5.82 Å². The van der Waals surface area contributed by atoms with Crippen LogP contribution in [0.25, 0.3) is 0 Å². The van der Waals surface area contributed by atoms with Gasteiger partial charge in [0.15, 0.2) is 5.82 Å². The molecule has 3 aromatic rings. The molecule has 0 atom stereocenters. The summed E-state index contributed by atoms with van der Waals surface area (Å²) < 4.78 is 11.4. The first-order valence-electron chi connectivity index (χ1n) is 10.1. The van der Waals surface area contributed by atoms with E-state index in [4.69, 9.17) is 9.47 Å². The Bertz CT molecular complexity index is 1010. The number of benzene rings is 2. The number of hydrogen-bond donors (Lipinski definition) is 1. The molecule has 0 unspecified atom stereocenters. The maximum absolute atomic E-state index is 12.5. The lowest BCUT2D eigenvalue weighted by Crippen LogP contribution is -2.37. The minimum Gasteiger partial charge on any atom is -0.436 e. The Labute approximate surface area is 185 Å². The monoisotopic (exact) mass is 436 g/mol. The molecule has 31 heavy (non-hydrogen) atoms. The third-order valence-electron chi connectivity index (χ3n) is 4.90. The third-order valence-corrected chi connectivity index (χ3v) is 5.64. The summed E-state index contributed by atoms with van der Waals surface area (Å²) in [6.45, 7) is 3.28. The molecule has 4 rings (SSSR count). The largest absolute Gasteiger partial charge is 0.436 e. The Morgan fingerprint density at radius 1 is 1.06 bits per heavy atom. The second-order valence-corrected chi connectivity index (χ2v) is 7.82. The molecule has 0 spiro atoms. The van der Waals surface area contributed by atoms with Crippen molar-refractivity contribution in [1.29, 1.82) is 0 Å². The Morgan fingerprint density at radius 2 is 1.77 bits per heavy atom. The number of morpholine rings is 1. The number of carbonyl (C=O) groups is 1. The predicted octanol–water partition coefficient (Wildman–Crippen LogP) is 3.76. The highest BCUT2D eigenvalue weighted by molar-refractivity contribution is 7.98. The highest BCUT2D eigenvalue weighted by Crippen LogP contribution is 2.28. The van der Waals surface area contributed by atoms with E-state index in [1.165, 1.54) is 4.90 Å². The van der Waals surface area contributed by atoms with Crippen molar-refractivity contribution in [2.45, 2.75) is 11.4 Å². The molecule has 1 saturated heterocycles. The molecule has 160 valence electrons. The molecule has 8 heteroatoms. The van der Waals surface area contributed by atoms with E-state index in [0.29, 0.717) is 42.8 Å². The van der Waals surface area contributed by atoms with Crippen LogP contribution in [0.2, 0.25) is 0 Å². The average molecular weight is 437 g/mol. The first kappa shape index (κ1) is 21.1. The standard InChI is InChI=1S/C23H24N4O3S/c1-31-20-8-2-17(3-9-20)16-26-22(28)18-4-6-19(7-5-18)30-23-21(24-10-11-25-23)27-12-14-29-15-13-27/h2-11H,12-16H2,1H3,(H,26,28). The molecule has 1 fully saturated rings. The van der Waals surface area contributed by atoms with Crippen molar-refractivity contribution in [1.82, 2.24) is 15.3 Å². The van der Waals surface area contributed by atoms with Gasteiger partial charge < -0.3 is 19.7 Å². The van der Waals surface area contributed by atoms with E-state index in [-0.39, 0.29) is 5.91 Å². The number of hydrogen-bond acceptors (Lipinski definition) is 7. The van der Waals surface area contributed by atoms with Crippen LogP contribution in [0, 0.1) is 0 Å². The number of aromatic nitrogens is 2. The van der Waals surface area contributed by atoms with Crippen LogP contribution in [0.3, 0.4) is 0 Å². The van der Waals surface area contributed by atoms with Gasteiger partial charge in [-0.3, -0.25) is 4.79 Å². The summed E-state index contributed by atoms with van der Waals surface area (Å²) in [7, 11) is 0. The second-order valence-electron chi connectivity index (χ2n) is 6.94. The van der Waals surface area contributed by atoms with Crippen molar-refractivity contribution in [2.24, 2.45) is 0 Å². The third kappa shape index (κ3) is 5.53. The zero-order valence-corrected chi connectivity index (χ0v) is 18.1. The topological polar surface area (TPSA) is 76.6 Å².